The maximum absolute atomic E-state index is 5.32. The molecule has 2 heterocycles. The first-order valence-corrected chi connectivity index (χ1v) is 7.68. The summed E-state index contributed by atoms with van der Waals surface area (Å²) in [7, 11) is 1.68. The second kappa shape index (κ2) is 6.26. The Bertz CT molecular complexity index is 495. The zero-order chi connectivity index (χ0) is 13.0. The van der Waals surface area contributed by atoms with Crippen molar-refractivity contribution < 1.29 is 4.74 Å². The van der Waals surface area contributed by atoms with Gasteiger partial charge in [0.2, 0.25) is 0 Å². The Hall–Kier alpha value is -0.980. The molecule has 2 aromatic heterocycles. The molecule has 0 aliphatic heterocycles. The van der Waals surface area contributed by atoms with Crippen LogP contribution >= 0.6 is 22.7 Å². The molecule has 0 fully saturated rings. The molecule has 0 aliphatic rings. The third-order valence-electron chi connectivity index (χ3n) is 2.64. The van der Waals surface area contributed by atoms with Gasteiger partial charge >= 0.3 is 0 Å². The zero-order valence-electron chi connectivity index (χ0n) is 10.8. The maximum Gasteiger partial charge on any atom is 0.161 e. The molecule has 4 nitrogen and oxygen atoms in total. The van der Waals surface area contributed by atoms with Crippen molar-refractivity contribution >= 4 is 22.7 Å². The van der Waals surface area contributed by atoms with Gasteiger partial charge in [0.15, 0.2) is 5.01 Å². The number of thiophene rings is 1. The van der Waals surface area contributed by atoms with E-state index in [2.05, 4.69) is 29.4 Å². The molecular weight excluding hydrogens is 266 g/mol. The second-order valence-corrected chi connectivity index (χ2v) is 5.71. The monoisotopic (exact) mass is 283 g/mol. The van der Waals surface area contributed by atoms with E-state index in [-0.39, 0.29) is 0 Å². The lowest BCUT2D eigenvalue weighted by atomic mass is 10.2. The summed E-state index contributed by atoms with van der Waals surface area (Å²) in [6.45, 7) is 5.20. The highest BCUT2D eigenvalue weighted by Crippen LogP contribution is 2.38. The molecule has 0 amide bonds. The van der Waals surface area contributed by atoms with Crippen molar-refractivity contribution in [1.82, 2.24) is 15.5 Å². The van der Waals surface area contributed by atoms with Crippen LogP contribution in [0.4, 0.5) is 0 Å². The summed E-state index contributed by atoms with van der Waals surface area (Å²) in [6.07, 6.45) is 1.02. The Balaban J connectivity index is 2.24. The van der Waals surface area contributed by atoms with Crippen LogP contribution in [0, 0.1) is 0 Å². The normalized spacial score (nSPS) is 12.6. The van der Waals surface area contributed by atoms with E-state index >= 15 is 0 Å². The summed E-state index contributed by atoms with van der Waals surface area (Å²) in [5.41, 5.74) is 0. The van der Waals surface area contributed by atoms with Crippen LogP contribution in [-0.4, -0.2) is 23.9 Å². The maximum atomic E-state index is 5.32. The Morgan fingerprint density at radius 2 is 2.22 bits per heavy atom. The van der Waals surface area contributed by atoms with E-state index < -0.39 is 0 Å². The van der Waals surface area contributed by atoms with Crippen LogP contribution in [-0.2, 0) is 0 Å². The van der Waals surface area contributed by atoms with Crippen LogP contribution in [0.5, 0.6) is 5.75 Å². The number of methoxy groups -OCH3 is 1. The lowest BCUT2D eigenvalue weighted by Gasteiger charge is -2.10. The lowest BCUT2D eigenvalue weighted by Crippen LogP contribution is -2.19. The van der Waals surface area contributed by atoms with E-state index in [4.69, 9.17) is 4.74 Å². The summed E-state index contributed by atoms with van der Waals surface area (Å²) in [6, 6.07) is 2.26. The van der Waals surface area contributed by atoms with E-state index in [1.165, 1.54) is 0 Å². The quantitative estimate of drug-likeness (QED) is 0.883. The molecule has 1 unspecified atom stereocenters. The highest BCUT2D eigenvalue weighted by atomic mass is 32.1. The van der Waals surface area contributed by atoms with E-state index in [0.29, 0.717) is 6.04 Å². The van der Waals surface area contributed by atoms with Crippen LogP contribution in [0.25, 0.3) is 9.88 Å². The molecule has 0 aromatic carbocycles. The minimum Gasteiger partial charge on any atom is -0.495 e. The topological polar surface area (TPSA) is 47.0 Å². The fraction of sp³-hybridized carbons (Fsp3) is 0.500. The molecule has 0 saturated heterocycles. The minimum atomic E-state index is 0.298. The fourth-order valence-electron chi connectivity index (χ4n) is 1.73. The lowest BCUT2D eigenvalue weighted by molar-refractivity contribution is 0.418. The number of hydrogen-bond donors (Lipinski definition) is 1. The van der Waals surface area contributed by atoms with Crippen LogP contribution in [0.1, 0.15) is 31.3 Å². The Morgan fingerprint density at radius 1 is 1.39 bits per heavy atom. The highest BCUT2D eigenvalue weighted by molar-refractivity contribution is 7.21. The van der Waals surface area contributed by atoms with Crippen LogP contribution in [0.3, 0.4) is 0 Å². The van der Waals surface area contributed by atoms with Crippen molar-refractivity contribution in [2.24, 2.45) is 0 Å². The number of nitrogens with one attached hydrogen (secondary N) is 1. The molecule has 0 spiro atoms. The number of ether oxygens (including phenoxy) is 1. The third-order valence-corrected chi connectivity index (χ3v) is 4.73. The van der Waals surface area contributed by atoms with E-state index in [0.717, 1.165) is 33.6 Å². The zero-order valence-corrected chi connectivity index (χ0v) is 12.4. The van der Waals surface area contributed by atoms with Crippen molar-refractivity contribution in [1.29, 1.82) is 0 Å². The largest absolute Gasteiger partial charge is 0.495 e. The Labute approximate surface area is 115 Å². The predicted octanol–water partition coefficient (Wildman–Crippen LogP) is 3.34. The van der Waals surface area contributed by atoms with Gasteiger partial charge < -0.3 is 10.1 Å². The van der Waals surface area contributed by atoms with Gasteiger partial charge in [-0.2, -0.15) is 0 Å². The van der Waals surface area contributed by atoms with E-state index in [9.17, 15) is 0 Å². The van der Waals surface area contributed by atoms with Gasteiger partial charge in [0.1, 0.15) is 15.6 Å². The summed E-state index contributed by atoms with van der Waals surface area (Å²) >= 11 is 3.27. The molecular formula is C12H17N3OS2. The molecule has 18 heavy (non-hydrogen) atoms. The third kappa shape index (κ3) is 2.71. The molecule has 1 N–H and O–H groups in total. The smallest absolute Gasteiger partial charge is 0.161 e. The number of aromatic nitrogens is 2. The minimum absolute atomic E-state index is 0.298. The number of nitrogens with zero attached hydrogens (tertiary/aromatic N) is 2. The SMILES string of the molecule is CCNC(CC)c1nnc(-c2sccc2OC)s1. The Kier molecular flexibility index (Phi) is 4.68. The molecule has 6 heteroatoms. The Morgan fingerprint density at radius 3 is 2.89 bits per heavy atom. The van der Waals surface area contributed by atoms with E-state index in [1.807, 2.05) is 11.4 Å². The fourth-order valence-corrected chi connectivity index (χ4v) is 3.69. The van der Waals surface area contributed by atoms with Gasteiger partial charge in [-0.15, -0.1) is 21.5 Å². The van der Waals surface area contributed by atoms with Crippen LogP contribution < -0.4 is 10.1 Å². The molecule has 0 saturated carbocycles. The summed E-state index contributed by atoms with van der Waals surface area (Å²) < 4.78 is 5.32. The molecule has 1 atom stereocenters. The molecule has 0 radical (unpaired) electrons. The standard InChI is InChI=1S/C12H17N3OS2/c1-4-8(13-5-2)11-14-15-12(18-11)10-9(16-3)6-7-17-10/h6-8,13H,4-5H2,1-3H3. The van der Waals surface area contributed by atoms with Gasteiger partial charge in [-0.1, -0.05) is 25.2 Å². The first kappa shape index (κ1) is 13.5. The van der Waals surface area contributed by atoms with Gasteiger partial charge in [0.25, 0.3) is 0 Å². The van der Waals surface area contributed by atoms with Crippen molar-refractivity contribution in [3.05, 3.63) is 16.5 Å². The summed E-state index contributed by atoms with van der Waals surface area (Å²) in [4.78, 5) is 1.06. The van der Waals surface area contributed by atoms with Crippen molar-refractivity contribution in [2.45, 2.75) is 26.3 Å². The molecule has 0 aliphatic carbocycles. The van der Waals surface area contributed by atoms with Gasteiger partial charge in [-0.05, 0) is 24.4 Å². The van der Waals surface area contributed by atoms with Gasteiger partial charge in [0.05, 0.1) is 13.2 Å². The predicted molar refractivity (Wildman–Crippen MR) is 76.5 cm³/mol. The average Bonchev–Trinajstić information content (AvgIpc) is 3.03. The van der Waals surface area contributed by atoms with E-state index in [1.54, 1.807) is 29.8 Å². The van der Waals surface area contributed by atoms with Crippen LogP contribution in [0.15, 0.2) is 11.4 Å². The van der Waals surface area contributed by atoms with Crippen molar-refractivity contribution in [2.75, 3.05) is 13.7 Å². The molecule has 2 aromatic rings. The van der Waals surface area contributed by atoms with Gasteiger partial charge in [0, 0.05) is 0 Å². The number of hydrogen-bond acceptors (Lipinski definition) is 6. The van der Waals surface area contributed by atoms with Gasteiger partial charge in [-0.3, -0.25) is 0 Å². The van der Waals surface area contributed by atoms with Gasteiger partial charge in [-0.25, -0.2) is 0 Å². The second-order valence-electron chi connectivity index (χ2n) is 3.78. The first-order valence-electron chi connectivity index (χ1n) is 5.98. The molecule has 0 bridgehead atoms. The summed E-state index contributed by atoms with van der Waals surface area (Å²) in [5, 5.41) is 16.0. The molecule has 2 rings (SSSR count). The molecule has 98 valence electrons. The van der Waals surface area contributed by atoms with Crippen molar-refractivity contribution in [3.63, 3.8) is 0 Å². The summed E-state index contributed by atoms with van der Waals surface area (Å²) in [5.74, 6) is 0.874. The number of rotatable bonds is 6. The average molecular weight is 283 g/mol. The van der Waals surface area contributed by atoms with Crippen molar-refractivity contribution in [3.8, 4) is 15.6 Å². The highest BCUT2D eigenvalue weighted by Gasteiger charge is 2.17. The first-order chi connectivity index (χ1) is 8.80. The van der Waals surface area contributed by atoms with Crippen LogP contribution in [0.2, 0.25) is 0 Å².